The zero-order chi connectivity index (χ0) is 28.1. The predicted octanol–water partition coefficient (Wildman–Crippen LogP) is 5.57. The number of hydrogen-bond acceptors (Lipinski definition) is 6. The number of rotatable bonds is 11. The summed E-state index contributed by atoms with van der Waals surface area (Å²) < 4.78 is 22.1. The molecule has 1 aromatic heterocycles. The second-order valence-corrected chi connectivity index (χ2v) is 9.72. The van der Waals surface area contributed by atoms with Gasteiger partial charge >= 0.3 is 13.1 Å². The van der Waals surface area contributed by atoms with Crippen LogP contribution in [0.5, 0.6) is 5.75 Å². The predicted molar refractivity (Wildman–Crippen MR) is 149 cm³/mol. The number of ether oxygens (including phenoxy) is 1. The first kappa shape index (κ1) is 28.1. The van der Waals surface area contributed by atoms with Gasteiger partial charge in [-0.05, 0) is 85.8 Å². The molecule has 4 rings (SSSR count). The van der Waals surface area contributed by atoms with Crippen molar-refractivity contribution in [1.29, 1.82) is 0 Å². The molecule has 1 saturated heterocycles. The van der Waals surface area contributed by atoms with Crippen molar-refractivity contribution in [3.63, 3.8) is 0 Å². The Morgan fingerprint density at radius 3 is 2.46 bits per heavy atom. The molecule has 0 bridgehead atoms. The maximum absolute atomic E-state index is 15.2. The molecule has 8 nitrogen and oxygen atoms in total. The summed E-state index contributed by atoms with van der Waals surface area (Å²) in [6, 6.07) is 9.62. The number of aromatic nitrogens is 1. The summed E-state index contributed by atoms with van der Waals surface area (Å²) in [4.78, 5) is 45.3. The molecule has 0 atom stereocenters. The van der Waals surface area contributed by atoms with Crippen molar-refractivity contribution >= 4 is 36.7 Å². The number of imide groups is 1. The Morgan fingerprint density at radius 2 is 1.85 bits per heavy atom. The number of benzene rings is 1. The fourth-order valence-corrected chi connectivity index (χ4v) is 4.73. The molecule has 0 aliphatic carbocycles. The normalized spacial score (nSPS) is 16.1. The molecule has 2 amide bonds. The van der Waals surface area contributed by atoms with Gasteiger partial charge in [-0.25, -0.2) is 4.79 Å². The molecule has 2 aliphatic rings. The second kappa shape index (κ2) is 12.3. The number of unbranched alkanes of at least 4 members (excludes halogenated alkanes) is 1. The van der Waals surface area contributed by atoms with Gasteiger partial charge in [0.05, 0.1) is 19.2 Å². The zero-order valence-electron chi connectivity index (χ0n) is 22.8. The molecule has 0 unspecified atom stereocenters. The molecule has 0 N–H and O–H groups in total. The number of carbonyl (C=O) groups is 3. The molecule has 10 heteroatoms. The van der Waals surface area contributed by atoms with Crippen LogP contribution in [0.4, 0.5) is 4.32 Å². The van der Waals surface area contributed by atoms with E-state index in [2.05, 4.69) is 13.0 Å². The minimum atomic E-state index is -1.27. The maximum Gasteiger partial charge on any atom is 0.462 e. The summed E-state index contributed by atoms with van der Waals surface area (Å²) in [5.41, 5.74) is 5.74. The maximum atomic E-state index is 15.2. The number of aryl methyl sites for hydroxylation is 1. The molecule has 39 heavy (non-hydrogen) atoms. The van der Waals surface area contributed by atoms with Crippen LogP contribution in [0.25, 0.3) is 17.3 Å². The van der Waals surface area contributed by atoms with Gasteiger partial charge in [0.2, 0.25) is 0 Å². The van der Waals surface area contributed by atoms with Gasteiger partial charge in [0, 0.05) is 36.4 Å². The molecular weight excluding hydrogens is 500 g/mol. The number of hydroxylamine groups is 2. The Balaban J connectivity index is 1.59. The third-order valence-electron chi connectivity index (χ3n) is 6.81. The minimum absolute atomic E-state index is 0.0335. The van der Waals surface area contributed by atoms with Crippen molar-refractivity contribution in [2.24, 2.45) is 4.99 Å². The van der Waals surface area contributed by atoms with Gasteiger partial charge in [-0.3, -0.25) is 14.6 Å². The Labute approximate surface area is 228 Å². The van der Waals surface area contributed by atoms with E-state index in [1.54, 1.807) is 11.6 Å². The first-order valence-electron chi connectivity index (χ1n) is 13.3. The van der Waals surface area contributed by atoms with Crippen molar-refractivity contribution in [3.05, 3.63) is 58.9 Å². The first-order valence-corrected chi connectivity index (χ1v) is 13.3. The molecule has 1 aromatic carbocycles. The minimum Gasteiger partial charge on any atom is -0.497 e. The van der Waals surface area contributed by atoms with Crippen LogP contribution in [0, 0.1) is 0 Å². The molecule has 2 aliphatic heterocycles. The van der Waals surface area contributed by atoms with E-state index in [9.17, 15) is 14.4 Å². The number of allylic oxidation sites excluding steroid dienone is 2. The molecule has 2 aromatic rings. The number of hydrogen-bond donors (Lipinski definition) is 0. The summed E-state index contributed by atoms with van der Waals surface area (Å²) in [5.74, 6) is -0.957. The van der Waals surface area contributed by atoms with Crippen LogP contribution in [-0.4, -0.2) is 47.3 Å². The smallest absolute Gasteiger partial charge is 0.462 e. The van der Waals surface area contributed by atoms with Crippen LogP contribution >= 0.6 is 0 Å². The van der Waals surface area contributed by atoms with Crippen molar-refractivity contribution in [3.8, 4) is 17.0 Å². The molecule has 204 valence electrons. The molecule has 0 spiro atoms. The first-order chi connectivity index (χ1) is 18.7. The van der Waals surface area contributed by atoms with Gasteiger partial charge in [0.1, 0.15) is 5.75 Å². The lowest BCUT2D eigenvalue weighted by Gasteiger charge is -2.13. The van der Waals surface area contributed by atoms with E-state index < -0.39 is 24.9 Å². The highest BCUT2D eigenvalue weighted by atomic mass is 19.1. The Kier molecular flexibility index (Phi) is 8.84. The van der Waals surface area contributed by atoms with E-state index in [0.29, 0.717) is 16.5 Å². The number of carbonyl (C=O) groups excluding carboxylic acids is 3. The summed E-state index contributed by atoms with van der Waals surface area (Å²) >= 11 is 0. The summed E-state index contributed by atoms with van der Waals surface area (Å²) in [6.07, 6.45) is 6.92. The largest absolute Gasteiger partial charge is 0.497 e. The van der Waals surface area contributed by atoms with Gasteiger partial charge in [-0.2, -0.15) is 0 Å². The van der Waals surface area contributed by atoms with Gasteiger partial charge in [-0.1, -0.05) is 13.3 Å². The van der Waals surface area contributed by atoms with E-state index in [1.165, 1.54) is 6.82 Å². The quantitative estimate of drug-likeness (QED) is 0.278. The number of halogens is 1. The molecule has 0 saturated carbocycles. The van der Waals surface area contributed by atoms with Gasteiger partial charge in [-0.15, -0.1) is 5.06 Å². The summed E-state index contributed by atoms with van der Waals surface area (Å²) in [5, 5.41) is 0.551. The number of aliphatic imine (C=N–C) groups is 1. The highest BCUT2D eigenvalue weighted by Crippen LogP contribution is 2.33. The van der Waals surface area contributed by atoms with Crippen LogP contribution in [0.1, 0.15) is 63.6 Å². The molecule has 3 heterocycles. The van der Waals surface area contributed by atoms with Crippen LogP contribution in [0.2, 0.25) is 6.82 Å². The van der Waals surface area contributed by atoms with Crippen LogP contribution in [-0.2, 0) is 25.6 Å². The lowest BCUT2D eigenvalue weighted by molar-refractivity contribution is -0.197. The van der Waals surface area contributed by atoms with Gasteiger partial charge in [0.15, 0.2) is 0 Å². The van der Waals surface area contributed by atoms with E-state index >= 15 is 4.32 Å². The fraction of sp³-hybridized carbons (Fsp3) is 0.379. The van der Waals surface area contributed by atoms with Crippen LogP contribution in [0.15, 0.2) is 52.7 Å². The standard InChI is InChI=1S/C29H33BFN3O5/c1-5-6-7-21-17-25(20-8-11-23(38-4)12-9-20)33(30(3)31)26(21)18-24-19(2)16-22(32-24)10-15-29(37)39-34-27(35)13-14-28(34)36/h8-9,11-12,16-18H,5-7,10,13-15H2,1-4H3/b24-18-. The van der Waals surface area contributed by atoms with Crippen molar-refractivity contribution in [2.75, 3.05) is 7.11 Å². The average molecular weight is 533 g/mol. The van der Waals surface area contributed by atoms with Crippen LogP contribution in [0.3, 0.4) is 0 Å². The van der Waals surface area contributed by atoms with E-state index in [1.807, 2.05) is 43.3 Å². The van der Waals surface area contributed by atoms with Gasteiger partial charge in [0.25, 0.3) is 11.8 Å². The number of amides is 2. The monoisotopic (exact) mass is 533 g/mol. The SMILES string of the molecule is CCCCc1cc(-c2ccc(OC)cc2)n(B(C)F)c1/C=C1\N=C(CCC(=O)ON2C(=O)CCC2=O)C=C1C. The van der Waals surface area contributed by atoms with E-state index in [4.69, 9.17) is 14.6 Å². The molecule has 0 radical (unpaired) electrons. The van der Waals surface area contributed by atoms with Crippen molar-refractivity contribution in [2.45, 2.75) is 65.6 Å². The topological polar surface area (TPSA) is 90.2 Å². The molecular formula is C29H33BFN3O5. The third-order valence-corrected chi connectivity index (χ3v) is 6.81. The summed E-state index contributed by atoms with van der Waals surface area (Å²) in [6.45, 7) is 5.56. The Morgan fingerprint density at radius 1 is 1.15 bits per heavy atom. The number of methoxy groups -OCH3 is 1. The molecule has 1 fully saturated rings. The van der Waals surface area contributed by atoms with Crippen LogP contribution < -0.4 is 4.74 Å². The zero-order valence-corrected chi connectivity index (χ0v) is 22.8. The second-order valence-electron chi connectivity index (χ2n) is 9.72. The lowest BCUT2D eigenvalue weighted by atomic mass is 9.89. The van der Waals surface area contributed by atoms with E-state index in [-0.39, 0.29) is 25.7 Å². The van der Waals surface area contributed by atoms with E-state index in [0.717, 1.165) is 53.1 Å². The van der Waals surface area contributed by atoms with Crippen molar-refractivity contribution in [1.82, 2.24) is 9.54 Å². The fourth-order valence-electron chi connectivity index (χ4n) is 4.73. The highest BCUT2D eigenvalue weighted by molar-refractivity contribution is 6.48. The van der Waals surface area contributed by atoms with Gasteiger partial charge < -0.3 is 18.4 Å². The third kappa shape index (κ3) is 6.38. The Bertz CT molecular complexity index is 1340. The number of nitrogens with zero attached hydrogens (tertiary/aromatic N) is 3. The highest BCUT2D eigenvalue weighted by Gasteiger charge is 2.33. The van der Waals surface area contributed by atoms with Crippen molar-refractivity contribution < 1.29 is 28.3 Å². The lowest BCUT2D eigenvalue weighted by Crippen LogP contribution is -2.32. The Hall–Kier alpha value is -3.95. The summed E-state index contributed by atoms with van der Waals surface area (Å²) in [7, 11) is 0.336. The average Bonchev–Trinajstić information content (AvgIpc) is 3.57.